The van der Waals surface area contributed by atoms with E-state index in [-0.39, 0.29) is 0 Å². The molecule has 5 heterocycles. The fourth-order valence-electron chi connectivity index (χ4n) is 3.74. The molecule has 0 aliphatic heterocycles. The summed E-state index contributed by atoms with van der Waals surface area (Å²) in [5, 5.41) is 12.9. The molecule has 0 bridgehead atoms. The molecule has 1 saturated carbocycles. The topological polar surface area (TPSA) is 95.2 Å². The molecule has 7 heteroatoms. The van der Waals surface area contributed by atoms with Gasteiger partial charge < -0.3 is 10.3 Å². The van der Waals surface area contributed by atoms with Crippen molar-refractivity contribution in [2.75, 3.05) is 5.32 Å². The maximum absolute atomic E-state index is 4.55. The third-order valence-electron chi connectivity index (χ3n) is 5.52. The number of nitrogens with one attached hydrogen (secondary N) is 3. The summed E-state index contributed by atoms with van der Waals surface area (Å²) in [5.41, 5.74) is 7.31. The number of pyridine rings is 3. The fourth-order valence-corrected chi connectivity index (χ4v) is 3.74. The summed E-state index contributed by atoms with van der Waals surface area (Å²) in [6.45, 7) is 4.14. The first-order valence-electron chi connectivity index (χ1n) is 9.94. The van der Waals surface area contributed by atoms with Crippen molar-refractivity contribution >= 4 is 27.8 Å². The quantitative estimate of drug-likeness (QED) is 0.395. The molecule has 1 aliphatic rings. The van der Waals surface area contributed by atoms with Gasteiger partial charge in [-0.1, -0.05) is 6.58 Å². The number of aromatic amines is 2. The average molecular weight is 393 g/mol. The van der Waals surface area contributed by atoms with Gasteiger partial charge in [0, 0.05) is 46.2 Å². The number of hydrogen-bond donors (Lipinski definition) is 3. The molecule has 5 aromatic heterocycles. The van der Waals surface area contributed by atoms with Gasteiger partial charge in [0.15, 0.2) is 5.65 Å². The van der Waals surface area contributed by atoms with E-state index in [0.29, 0.717) is 11.6 Å². The predicted octanol–water partition coefficient (Wildman–Crippen LogP) is 4.90. The molecule has 0 saturated heterocycles. The molecule has 7 nitrogen and oxygen atoms in total. The van der Waals surface area contributed by atoms with Crippen molar-refractivity contribution in [3.05, 3.63) is 67.4 Å². The van der Waals surface area contributed by atoms with Gasteiger partial charge in [-0.25, -0.2) is 9.97 Å². The van der Waals surface area contributed by atoms with Crippen molar-refractivity contribution < 1.29 is 0 Å². The summed E-state index contributed by atoms with van der Waals surface area (Å²) in [7, 11) is 0. The van der Waals surface area contributed by atoms with Crippen LogP contribution in [0.5, 0.6) is 0 Å². The van der Waals surface area contributed by atoms with Crippen LogP contribution in [0.4, 0.5) is 5.69 Å². The highest BCUT2D eigenvalue weighted by Crippen LogP contribution is 2.36. The van der Waals surface area contributed by atoms with Crippen LogP contribution in [-0.2, 0) is 0 Å². The molecular formula is C23H19N7. The number of rotatable bonds is 5. The highest BCUT2D eigenvalue weighted by atomic mass is 15.2. The minimum atomic E-state index is 0.589. The highest BCUT2D eigenvalue weighted by Gasteiger charge is 2.24. The zero-order chi connectivity index (χ0) is 20.1. The highest BCUT2D eigenvalue weighted by molar-refractivity contribution is 5.95. The summed E-state index contributed by atoms with van der Waals surface area (Å²) in [5.74, 6) is 0.589. The molecule has 1 fully saturated rings. The zero-order valence-electron chi connectivity index (χ0n) is 16.2. The minimum absolute atomic E-state index is 0.589. The first kappa shape index (κ1) is 16.9. The summed E-state index contributed by atoms with van der Waals surface area (Å²) in [6, 6.07) is 10.2. The van der Waals surface area contributed by atoms with Crippen molar-refractivity contribution in [3.63, 3.8) is 0 Å². The van der Waals surface area contributed by atoms with Gasteiger partial charge in [-0.05, 0) is 49.1 Å². The van der Waals surface area contributed by atoms with Gasteiger partial charge in [0.05, 0.1) is 23.3 Å². The second-order valence-corrected chi connectivity index (χ2v) is 7.70. The lowest BCUT2D eigenvalue weighted by Gasteiger charge is -2.09. The van der Waals surface area contributed by atoms with E-state index in [1.54, 1.807) is 6.20 Å². The number of allylic oxidation sites excluding steroid dienone is 1. The van der Waals surface area contributed by atoms with Crippen LogP contribution in [0.25, 0.3) is 44.6 Å². The Morgan fingerprint density at radius 1 is 1.07 bits per heavy atom. The number of anilines is 1. The van der Waals surface area contributed by atoms with Crippen LogP contribution in [0.15, 0.2) is 67.4 Å². The van der Waals surface area contributed by atoms with E-state index >= 15 is 0 Å². The molecule has 1 aliphatic carbocycles. The Balaban J connectivity index is 1.40. The lowest BCUT2D eigenvalue weighted by atomic mass is 10.1. The number of hydrogen-bond acceptors (Lipinski definition) is 5. The zero-order valence-corrected chi connectivity index (χ0v) is 16.2. The van der Waals surface area contributed by atoms with E-state index < -0.39 is 0 Å². The van der Waals surface area contributed by atoms with Gasteiger partial charge in [0.25, 0.3) is 0 Å². The molecule has 6 rings (SSSR count). The Kier molecular flexibility index (Phi) is 3.67. The van der Waals surface area contributed by atoms with Gasteiger partial charge in [-0.15, -0.1) is 0 Å². The molecule has 0 radical (unpaired) electrons. The lowest BCUT2D eigenvalue weighted by Crippen LogP contribution is -2.00. The first-order chi connectivity index (χ1) is 14.7. The summed E-state index contributed by atoms with van der Waals surface area (Å²) in [6.07, 6.45) is 9.71. The van der Waals surface area contributed by atoms with E-state index in [0.717, 1.165) is 50.3 Å². The molecule has 146 valence electrons. The van der Waals surface area contributed by atoms with Crippen LogP contribution >= 0.6 is 0 Å². The third kappa shape index (κ3) is 2.91. The Morgan fingerprint density at radius 2 is 1.97 bits per heavy atom. The van der Waals surface area contributed by atoms with Crippen LogP contribution in [0, 0.1) is 5.92 Å². The Bertz CT molecular complexity index is 1370. The Labute approximate surface area is 172 Å². The van der Waals surface area contributed by atoms with Crippen molar-refractivity contribution in [1.29, 1.82) is 0 Å². The van der Waals surface area contributed by atoms with Crippen LogP contribution in [-0.4, -0.2) is 30.1 Å². The Morgan fingerprint density at radius 3 is 2.83 bits per heavy atom. The van der Waals surface area contributed by atoms with E-state index in [1.165, 1.54) is 12.8 Å². The van der Waals surface area contributed by atoms with Crippen molar-refractivity contribution in [2.45, 2.75) is 12.8 Å². The summed E-state index contributed by atoms with van der Waals surface area (Å²) < 4.78 is 0. The largest absolute Gasteiger partial charge is 0.358 e. The standard InChI is InChI=1S/C23H19N7/c1-13(14-4-5-14)27-18-7-16(10-24-12-18)17-8-19-21(29-30-23(19)26-11-17)20-9-15-3-2-6-25-22(15)28-20/h2-3,6-12,14,27H,1,4-5H2,(H,25,28)(H,26,29,30). The molecule has 0 atom stereocenters. The maximum atomic E-state index is 4.55. The number of fused-ring (bicyclic) bond motifs is 2. The van der Waals surface area contributed by atoms with Gasteiger partial charge in [0.2, 0.25) is 0 Å². The molecule has 0 spiro atoms. The van der Waals surface area contributed by atoms with E-state index in [4.69, 9.17) is 0 Å². The lowest BCUT2D eigenvalue weighted by molar-refractivity contribution is 1.02. The SMILES string of the molecule is C=C(Nc1cncc(-c2cnc3n[nH]c(-c4cc5cccnc5[nH]4)c3c2)c1)C1CC1. The average Bonchev–Trinajstić information content (AvgIpc) is 3.40. The van der Waals surface area contributed by atoms with Crippen LogP contribution in [0.1, 0.15) is 12.8 Å². The second kappa shape index (κ2) is 6.52. The fraction of sp³-hybridized carbons (Fsp3) is 0.130. The molecule has 0 amide bonds. The number of aromatic nitrogens is 6. The maximum Gasteiger partial charge on any atom is 0.181 e. The minimum Gasteiger partial charge on any atom is -0.358 e. The first-order valence-corrected chi connectivity index (χ1v) is 9.94. The van der Waals surface area contributed by atoms with E-state index in [9.17, 15) is 0 Å². The van der Waals surface area contributed by atoms with Crippen LogP contribution in [0.2, 0.25) is 0 Å². The smallest absolute Gasteiger partial charge is 0.181 e. The molecular weight excluding hydrogens is 374 g/mol. The summed E-state index contributed by atoms with van der Waals surface area (Å²) >= 11 is 0. The van der Waals surface area contributed by atoms with Gasteiger partial charge in [-0.3, -0.25) is 10.1 Å². The predicted molar refractivity (Wildman–Crippen MR) is 118 cm³/mol. The number of nitrogens with zero attached hydrogens (tertiary/aromatic N) is 4. The van der Waals surface area contributed by atoms with E-state index in [2.05, 4.69) is 60.2 Å². The van der Waals surface area contributed by atoms with Gasteiger partial charge in [0.1, 0.15) is 5.65 Å². The number of H-pyrrole nitrogens is 2. The van der Waals surface area contributed by atoms with Gasteiger partial charge in [-0.2, -0.15) is 5.10 Å². The molecule has 5 aromatic rings. The van der Waals surface area contributed by atoms with E-state index in [1.807, 2.05) is 30.7 Å². The molecule has 0 aromatic carbocycles. The van der Waals surface area contributed by atoms with Crippen molar-refractivity contribution in [1.82, 2.24) is 30.1 Å². The monoisotopic (exact) mass is 393 g/mol. The molecule has 3 N–H and O–H groups in total. The Hall–Kier alpha value is -4.00. The van der Waals surface area contributed by atoms with Gasteiger partial charge >= 0.3 is 0 Å². The third-order valence-corrected chi connectivity index (χ3v) is 5.52. The second-order valence-electron chi connectivity index (χ2n) is 7.70. The van der Waals surface area contributed by atoms with Crippen molar-refractivity contribution in [3.8, 4) is 22.5 Å². The molecule has 30 heavy (non-hydrogen) atoms. The van der Waals surface area contributed by atoms with Crippen LogP contribution < -0.4 is 5.32 Å². The van der Waals surface area contributed by atoms with Crippen molar-refractivity contribution in [2.24, 2.45) is 5.92 Å². The van der Waals surface area contributed by atoms with Crippen LogP contribution in [0.3, 0.4) is 0 Å². The normalized spacial score (nSPS) is 13.7. The summed E-state index contributed by atoms with van der Waals surface area (Å²) in [4.78, 5) is 16.7. The molecule has 0 unspecified atom stereocenters.